The Kier molecular flexibility index (Phi) is 6.34. The Hall–Kier alpha value is -3.96. The summed E-state index contributed by atoms with van der Waals surface area (Å²) in [6.45, 7) is 6.54. The SMILES string of the molecule is CC(C)(C)c1ccc(N(CCN2C(=O)c3cccc4cccc(c34)C2=O)C(=O)c2ccccc2Cl)cc1. The number of nitrogens with zero attached hydrogens (tertiary/aromatic N) is 2. The number of hydrogen-bond acceptors (Lipinski definition) is 3. The smallest absolute Gasteiger partial charge is 0.261 e. The van der Waals surface area contributed by atoms with Crippen LogP contribution in [0.2, 0.25) is 5.02 Å². The lowest BCUT2D eigenvalue weighted by Gasteiger charge is -2.30. The van der Waals surface area contributed by atoms with Gasteiger partial charge in [0, 0.05) is 35.3 Å². The van der Waals surface area contributed by atoms with Gasteiger partial charge in [0.1, 0.15) is 0 Å². The molecular formula is C31H27ClN2O3. The monoisotopic (exact) mass is 510 g/mol. The van der Waals surface area contributed by atoms with E-state index in [1.165, 1.54) is 4.90 Å². The average molecular weight is 511 g/mol. The Morgan fingerprint density at radius 3 is 1.97 bits per heavy atom. The number of halogens is 1. The van der Waals surface area contributed by atoms with Gasteiger partial charge in [-0.1, -0.05) is 80.9 Å². The Morgan fingerprint density at radius 2 is 1.41 bits per heavy atom. The summed E-state index contributed by atoms with van der Waals surface area (Å²) < 4.78 is 0. The highest BCUT2D eigenvalue weighted by Gasteiger charge is 2.33. The van der Waals surface area contributed by atoms with Crippen molar-refractivity contribution in [1.82, 2.24) is 4.90 Å². The zero-order chi connectivity index (χ0) is 26.3. The number of anilines is 1. The molecule has 0 unspecified atom stereocenters. The molecular weight excluding hydrogens is 484 g/mol. The van der Waals surface area contributed by atoms with Crippen LogP contribution < -0.4 is 4.90 Å². The topological polar surface area (TPSA) is 57.7 Å². The van der Waals surface area contributed by atoms with Gasteiger partial charge in [-0.2, -0.15) is 0 Å². The van der Waals surface area contributed by atoms with Gasteiger partial charge in [0.05, 0.1) is 10.6 Å². The molecule has 0 bridgehead atoms. The maximum Gasteiger partial charge on any atom is 0.261 e. The van der Waals surface area contributed by atoms with E-state index in [2.05, 4.69) is 20.8 Å². The molecule has 0 saturated carbocycles. The molecule has 1 aliphatic rings. The number of hydrogen-bond donors (Lipinski definition) is 0. The van der Waals surface area contributed by atoms with Crippen LogP contribution in [0.25, 0.3) is 10.8 Å². The van der Waals surface area contributed by atoms with Crippen LogP contribution in [0, 0.1) is 0 Å². The van der Waals surface area contributed by atoms with E-state index in [1.807, 2.05) is 48.5 Å². The Morgan fingerprint density at radius 1 is 0.811 bits per heavy atom. The van der Waals surface area contributed by atoms with Gasteiger partial charge in [0.25, 0.3) is 17.7 Å². The first-order chi connectivity index (χ1) is 17.7. The fourth-order valence-electron chi connectivity index (χ4n) is 4.75. The summed E-state index contributed by atoms with van der Waals surface area (Å²) in [5.41, 5.74) is 3.09. The van der Waals surface area contributed by atoms with E-state index >= 15 is 0 Å². The summed E-state index contributed by atoms with van der Waals surface area (Å²) in [6.07, 6.45) is 0. The summed E-state index contributed by atoms with van der Waals surface area (Å²) in [5.74, 6) is -1.02. The van der Waals surface area contributed by atoms with Crippen LogP contribution in [0.3, 0.4) is 0 Å². The maximum atomic E-state index is 13.7. The van der Waals surface area contributed by atoms with Gasteiger partial charge in [-0.05, 0) is 52.8 Å². The lowest BCUT2D eigenvalue weighted by Crippen LogP contribution is -2.46. The first kappa shape index (κ1) is 24.7. The third kappa shape index (κ3) is 4.51. The Bertz CT molecular complexity index is 1490. The minimum absolute atomic E-state index is 0.0413. The zero-order valence-corrected chi connectivity index (χ0v) is 21.8. The molecule has 0 spiro atoms. The first-order valence-electron chi connectivity index (χ1n) is 12.2. The molecule has 0 aromatic heterocycles. The van der Waals surface area contributed by atoms with Crippen molar-refractivity contribution in [2.45, 2.75) is 26.2 Å². The van der Waals surface area contributed by atoms with E-state index in [-0.39, 0.29) is 36.2 Å². The van der Waals surface area contributed by atoms with Crippen LogP contribution in [0.1, 0.15) is 57.4 Å². The quantitative estimate of drug-likeness (QED) is 0.279. The lowest BCUT2D eigenvalue weighted by atomic mass is 9.87. The molecule has 5 nitrogen and oxygen atoms in total. The number of imide groups is 1. The lowest BCUT2D eigenvalue weighted by molar-refractivity contribution is 0.0611. The standard InChI is InChI=1S/C31H27ClN2O3/c1-31(2,3)21-14-16-22(17-15-21)33(28(35)23-10-4-5-13-26(23)32)18-19-34-29(36)24-11-6-8-20-9-7-12-25(27(20)24)30(34)37/h4-17H,18-19H2,1-3H3. The molecule has 6 heteroatoms. The molecule has 3 amide bonds. The minimum atomic E-state index is -0.359. The fourth-order valence-corrected chi connectivity index (χ4v) is 4.97. The molecule has 0 N–H and O–H groups in total. The Balaban J connectivity index is 1.49. The number of carbonyl (C=O) groups excluding carboxylic acids is 3. The second-order valence-electron chi connectivity index (χ2n) is 10.2. The largest absolute Gasteiger partial charge is 0.307 e. The van der Waals surface area contributed by atoms with Crippen LogP contribution in [-0.4, -0.2) is 35.7 Å². The summed E-state index contributed by atoms with van der Waals surface area (Å²) in [4.78, 5) is 43.3. The van der Waals surface area contributed by atoms with E-state index in [0.29, 0.717) is 32.8 Å². The first-order valence-corrected chi connectivity index (χ1v) is 12.6. The fraction of sp³-hybridized carbons (Fsp3) is 0.194. The van der Waals surface area contributed by atoms with Crippen LogP contribution in [0.5, 0.6) is 0 Å². The summed E-state index contributed by atoms with van der Waals surface area (Å²) in [5, 5.41) is 1.87. The normalized spacial score (nSPS) is 13.2. The number of carbonyl (C=O) groups is 3. The maximum absolute atomic E-state index is 13.7. The molecule has 1 aliphatic heterocycles. The summed E-state index contributed by atoms with van der Waals surface area (Å²) in [6, 6.07) is 25.6. The van der Waals surface area contributed by atoms with Crippen molar-refractivity contribution in [3.05, 3.63) is 112 Å². The van der Waals surface area contributed by atoms with E-state index < -0.39 is 0 Å². The van der Waals surface area contributed by atoms with Crippen molar-refractivity contribution in [2.24, 2.45) is 0 Å². The van der Waals surface area contributed by atoms with Crippen LogP contribution in [0.4, 0.5) is 5.69 Å². The molecule has 0 fully saturated rings. The van der Waals surface area contributed by atoms with Gasteiger partial charge in [-0.25, -0.2) is 0 Å². The number of amides is 3. The van der Waals surface area contributed by atoms with Crippen molar-refractivity contribution < 1.29 is 14.4 Å². The van der Waals surface area contributed by atoms with Crippen LogP contribution in [-0.2, 0) is 5.41 Å². The van der Waals surface area contributed by atoms with E-state index in [9.17, 15) is 14.4 Å². The van der Waals surface area contributed by atoms with Crippen molar-refractivity contribution in [3.8, 4) is 0 Å². The molecule has 4 aromatic carbocycles. The molecule has 186 valence electrons. The van der Waals surface area contributed by atoms with Gasteiger partial charge < -0.3 is 4.90 Å². The third-order valence-electron chi connectivity index (χ3n) is 6.80. The molecule has 37 heavy (non-hydrogen) atoms. The molecule has 0 atom stereocenters. The highest BCUT2D eigenvalue weighted by Crippen LogP contribution is 2.31. The molecule has 0 saturated heterocycles. The van der Waals surface area contributed by atoms with Crippen molar-refractivity contribution in [3.63, 3.8) is 0 Å². The van der Waals surface area contributed by atoms with E-state index in [0.717, 1.165) is 10.9 Å². The highest BCUT2D eigenvalue weighted by molar-refractivity contribution is 6.34. The third-order valence-corrected chi connectivity index (χ3v) is 7.13. The predicted octanol–water partition coefficient (Wildman–Crippen LogP) is 6.73. The molecule has 0 radical (unpaired) electrons. The van der Waals surface area contributed by atoms with E-state index in [4.69, 9.17) is 11.6 Å². The van der Waals surface area contributed by atoms with Crippen molar-refractivity contribution in [2.75, 3.05) is 18.0 Å². The second-order valence-corrected chi connectivity index (χ2v) is 10.6. The predicted molar refractivity (Wildman–Crippen MR) is 148 cm³/mol. The summed E-state index contributed by atoms with van der Waals surface area (Å²) in [7, 11) is 0. The minimum Gasteiger partial charge on any atom is -0.307 e. The summed E-state index contributed by atoms with van der Waals surface area (Å²) >= 11 is 6.37. The highest BCUT2D eigenvalue weighted by atomic mass is 35.5. The van der Waals surface area contributed by atoms with Gasteiger partial charge >= 0.3 is 0 Å². The van der Waals surface area contributed by atoms with Crippen molar-refractivity contribution in [1.29, 1.82) is 0 Å². The van der Waals surface area contributed by atoms with Crippen LogP contribution in [0.15, 0.2) is 84.9 Å². The average Bonchev–Trinajstić information content (AvgIpc) is 2.89. The second kappa shape index (κ2) is 9.49. The Labute approximate surface area is 221 Å². The van der Waals surface area contributed by atoms with Gasteiger partial charge in [0.15, 0.2) is 0 Å². The molecule has 5 rings (SSSR count). The number of rotatable bonds is 5. The molecule has 0 aliphatic carbocycles. The van der Waals surface area contributed by atoms with Crippen molar-refractivity contribution >= 4 is 45.8 Å². The zero-order valence-electron chi connectivity index (χ0n) is 21.0. The number of benzene rings is 4. The van der Waals surface area contributed by atoms with Gasteiger partial charge in [-0.15, -0.1) is 0 Å². The molecule has 1 heterocycles. The van der Waals surface area contributed by atoms with Gasteiger partial charge in [-0.3, -0.25) is 19.3 Å². The van der Waals surface area contributed by atoms with E-state index in [1.54, 1.807) is 41.3 Å². The van der Waals surface area contributed by atoms with Crippen LogP contribution >= 0.6 is 11.6 Å². The van der Waals surface area contributed by atoms with Gasteiger partial charge in [0.2, 0.25) is 0 Å². The molecule has 4 aromatic rings.